The molecule has 0 nitrogen and oxygen atoms in total. The summed E-state index contributed by atoms with van der Waals surface area (Å²) in [4.78, 5) is 0. The molecule has 0 aliphatic rings. The lowest BCUT2D eigenvalue weighted by Crippen LogP contribution is -2.21. The molecule has 0 radical (unpaired) electrons. The molecule has 0 aliphatic carbocycles. The van der Waals surface area contributed by atoms with Gasteiger partial charge in [0.25, 0.3) is 0 Å². The minimum absolute atomic E-state index is 0. The molecule has 0 aliphatic heterocycles. The largest absolute Gasteiger partial charge is 0.147 e. The Morgan fingerprint density at radius 1 is 0.545 bits per heavy atom. The summed E-state index contributed by atoms with van der Waals surface area (Å²) < 4.78 is 0. The van der Waals surface area contributed by atoms with E-state index in [2.05, 4.69) is 30.0 Å². The summed E-state index contributed by atoms with van der Waals surface area (Å²) in [5.41, 5.74) is 0.697. The maximum Gasteiger partial charge on any atom is -0.0297 e. The number of hydrogen-bond acceptors (Lipinski definition) is 0. The van der Waals surface area contributed by atoms with Gasteiger partial charge in [0.1, 0.15) is 0 Å². The summed E-state index contributed by atoms with van der Waals surface area (Å²) in [7, 11) is 2.86. The van der Waals surface area contributed by atoms with Gasteiger partial charge in [0.2, 0.25) is 0 Å². The fourth-order valence-electron chi connectivity index (χ4n) is 3.58. The highest BCUT2D eigenvalue weighted by Crippen LogP contribution is 2.41. The molecule has 1 atom stereocenters. The average molecular weight is 351 g/mol. The average Bonchev–Trinajstić information content (AvgIpc) is 2.51. The molecule has 0 saturated heterocycles. The van der Waals surface area contributed by atoms with Gasteiger partial charge in [-0.15, -0.1) is 21.6 Å². The van der Waals surface area contributed by atoms with Gasteiger partial charge in [0, 0.05) is 0 Å². The summed E-state index contributed by atoms with van der Waals surface area (Å²) in [6.45, 7) is 7.06. The van der Waals surface area contributed by atoms with Crippen LogP contribution in [0, 0.1) is 5.41 Å². The van der Waals surface area contributed by atoms with Gasteiger partial charge in [0.05, 0.1) is 0 Å². The third kappa shape index (κ3) is 13.2. The van der Waals surface area contributed by atoms with Crippen molar-refractivity contribution in [1.82, 2.24) is 0 Å². The lowest BCUT2D eigenvalue weighted by atomic mass is 9.71. The zero-order chi connectivity index (χ0) is 15.8. The van der Waals surface area contributed by atoms with Crippen LogP contribution >= 0.6 is 21.6 Å². The predicted molar refractivity (Wildman–Crippen MR) is 111 cm³/mol. The van der Waals surface area contributed by atoms with Crippen LogP contribution in [0.5, 0.6) is 0 Å². The van der Waals surface area contributed by atoms with E-state index < -0.39 is 0 Å². The zero-order valence-electron chi connectivity index (χ0n) is 15.8. The Bertz CT molecular complexity index is 184. The third-order valence-electron chi connectivity index (χ3n) is 5.09. The molecule has 0 aromatic rings. The van der Waals surface area contributed by atoms with E-state index in [0.29, 0.717) is 5.41 Å². The normalized spacial score (nSPS) is 11.5. The van der Waals surface area contributed by atoms with E-state index in [4.69, 9.17) is 0 Å². The second-order valence-electron chi connectivity index (χ2n) is 7.12. The topological polar surface area (TPSA) is 0 Å². The molecule has 0 fully saturated rings. The SMILES string of the molecule is CCCCC(CCCC)(CCCC)CCCCCCCP.Cl. The Balaban J connectivity index is 0. The number of unbranched alkanes of at least 4 members (excludes halogenated alkanes) is 7. The molecule has 0 aromatic heterocycles. The van der Waals surface area contributed by atoms with Crippen LogP contribution in [0.4, 0.5) is 0 Å². The van der Waals surface area contributed by atoms with Gasteiger partial charge >= 0.3 is 0 Å². The number of halogens is 1. The van der Waals surface area contributed by atoms with Gasteiger partial charge in [-0.1, -0.05) is 85.0 Å². The van der Waals surface area contributed by atoms with Gasteiger partial charge in [-0.2, -0.15) is 0 Å². The molecule has 0 spiro atoms. The van der Waals surface area contributed by atoms with Gasteiger partial charge in [-0.3, -0.25) is 0 Å². The third-order valence-corrected chi connectivity index (χ3v) is 5.50. The van der Waals surface area contributed by atoms with E-state index >= 15 is 0 Å². The standard InChI is InChI=1S/C20H43P.ClH/c1-4-7-15-20(16-8-5-2,17-9-6-3)18-13-11-10-12-14-19-21;/h4-19,21H2,1-3H3;1H. The second kappa shape index (κ2) is 18.1. The minimum atomic E-state index is 0. The van der Waals surface area contributed by atoms with Gasteiger partial charge in [0.15, 0.2) is 0 Å². The van der Waals surface area contributed by atoms with Crippen molar-refractivity contribution in [2.75, 3.05) is 6.16 Å². The Morgan fingerprint density at radius 2 is 0.909 bits per heavy atom. The Hall–Kier alpha value is 0.720. The molecular formula is C20H44ClP. The highest BCUT2D eigenvalue weighted by atomic mass is 35.5. The second-order valence-corrected chi connectivity index (χ2v) is 7.69. The molecule has 0 rings (SSSR count). The van der Waals surface area contributed by atoms with Crippen LogP contribution in [0.15, 0.2) is 0 Å². The first kappa shape index (κ1) is 25.0. The number of rotatable bonds is 16. The lowest BCUT2D eigenvalue weighted by Gasteiger charge is -2.35. The molecule has 1 unspecified atom stereocenters. The Morgan fingerprint density at radius 3 is 1.32 bits per heavy atom. The van der Waals surface area contributed by atoms with E-state index in [0.717, 1.165) is 0 Å². The lowest BCUT2D eigenvalue weighted by molar-refractivity contribution is 0.176. The fraction of sp³-hybridized carbons (Fsp3) is 1.00. The van der Waals surface area contributed by atoms with Crippen molar-refractivity contribution in [1.29, 1.82) is 0 Å². The molecule has 0 aromatic carbocycles. The molecule has 0 saturated carbocycles. The first-order valence-corrected chi connectivity index (χ1v) is 10.8. The summed E-state index contributed by atoms with van der Waals surface area (Å²) in [6.07, 6.45) is 23.0. The first-order valence-electron chi connectivity index (χ1n) is 9.94. The van der Waals surface area contributed by atoms with E-state index in [1.807, 2.05) is 0 Å². The summed E-state index contributed by atoms with van der Waals surface area (Å²) >= 11 is 0. The van der Waals surface area contributed by atoms with Crippen LogP contribution in [0.1, 0.15) is 117 Å². The van der Waals surface area contributed by atoms with E-state index in [1.54, 1.807) is 0 Å². The number of hydrogen-bond donors (Lipinski definition) is 0. The van der Waals surface area contributed by atoms with Crippen molar-refractivity contribution in [3.05, 3.63) is 0 Å². The van der Waals surface area contributed by atoms with Gasteiger partial charge in [-0.25, -0.2) is 0 Å². The maximum absolute atomic E-state index is 2.86. The highest BCUT2D eigenvalue weighted by Gasteiger charge is 2.27. The van der Waals surface area contributed by atoms with Crippen molar-refractivity contribution in [2.45, 2.75) is 117 Å². The molecule has 0 heterocycles. The van der Waals surface area contributed by atoms with Crippen LogP contribution in [0.25, 0.3) is 0 Å². The highest BCUT2D eigenvalue weighted by molar-refractivity contribution is 7.16. The van der Waals surface area contributed by atoms with Crippen LogP contribution in [-0.2, 0) is 0 Å². The quantitative estimate of drug-likeness (QED) is 0.194. The molecule has 22 heavy (non-hydrogen) atoms. The van der Waals surface area contributed by atoms with Crippen LogP contribution in [0.2, 0.25) is 0 Å². The Kier molecular flexibility index (Phi) is 20.5. The van der Waals surface area contributed by atoms with E-state index in [-0.39, 0.29) is 12.4 Å². The molecule has 136 valence electrons. The molecule has 0 N–H and O–H groups in total. The monoisotopic (exact) mass is 350 g/mol. The summed E-state index contributed by atoms with van der Waals surface area (Å²) in [5.74, 6) is 0. The van der Waals surface area contributed by atoms with Crippen molar-refractivity contribution in [3.63, 3.8) is 0 Å². The van der Waals surface area contributed by atoms with Crippen molar-refractivity contribution < 1.29 is 0 Å². The van der Waals surface area contributed by atoms with Gasteiger partial charge < -0.3 is 0 Å². The van der Waals surface area contributed by atoms with Crippen molar-refractivity contribution in [3.8, 4) is 0 Å². The van der Waals surface area contributed by atoms with Crippen LogP contribution in [-0.4, -0.2) is 6.16 Å². The molecular weight excluding hydrogens is 307 g/mol. The predicted octanol–water partition coefficient (Wildman–Crippen LogP) is 8.18. The summed E-state index contributed by atoms with van der Waals surface area (Å²) in [5, 5.41) is 0. The molecule has 0 bridgehead atoms. The first-order chi connectivity index (χ1) is 10.2. The molecule has 2 heteroatoms. The smallest absolute Gasteiger partial charge is 0.0297 e. The van der Waals surface area contributed by atoms with Crippen LogP contribution < -0.4 is 0 Å². The van der Waals surface area contributed by atoms with Gasteiger partial charge in [-0.05, 0) is 43.7 Å². The van der Waals surface area contributed by atoms with Crippen molar-refractivity contribution >= 4 is 21.6 Å². The minimum Gasteiger partial charge on any atom is -0.147 e. The maximum atomic E-state index is 2.86. The molecule has 0 amide bonds. The Labute approximate surface area is 150 Å². The fourth-order valence-corrected chi connectivity index (χ4v) is 3.87. The van der Waals surface area contributed by atoms with E-state index in [1.165, 1.54) is 102 Å². The summed E-state index contributed by atoms with van der Waals surface area (Å²) in [6, 6.07) is 0. The zero-order valence-corrected chi connectivity index (χ0v) is 17.8. The van der Waals surface area contributed by atoms with E-state index in [9.17, 15) is 0 Å². The van der Waals surface area contributed by atoms with Crippen molar-refractivity contribution in [2.24, 2.45) is 5.41 Å². The van der Waals surface area contributed by atoms with Crippen LogP contribution in [0.3, 0.4) is 0 Å².